The molecule has 0 unspecified atom stereocenters. The van der Waals surface area contributed by atoms with Gasteiger partial charge < -0.3 is 14.6 Å². The number of likely N-dealkylation sites (tertiary alicyclic amines) is 1. The van der Waals surface area contributed by atoms with Gasteiger partial charge in [0.2, 0.25) is 0 Å². The lowest BCUT2D eigenvalue weighted by Crippen LogP contribution is -2.39. The van der Waals surface area contributed by atoms with Crippen molar-refractivity contribution in [3.8, 4) is 0 Å². The van der Waals surface area contributed by atoms with Crippen LogP contribution in [0.1, 0.15) is 50.4 Å². The van der Waals surface area contributed by atoms with Gasteiger partial charge in [-0.15, -0.1) is 0 Å². The average Bonchev–Trinajstić information content (AvgIpc) is 2.92. The van der Waals surface area contributed by atoms with Gasteiger partial charge in [-0.1, -0.05) is 0 Å². The number of hydrogen-bond acceptors (Lipinski definition) is 3. The molecule has 1 amide bonds. The molecular formula is C15H24N2O3. The quantitative estimate of drug-likeness (QED) is 0.803. The van der Waals surface area contributed by atoms with E-state index in [1.165, 1.54) is 6.42 Å². The van der Waals surface area contributed by atoms with Crippen LogP contribution in [0.5, 0.6) is 0 Å². The van der Waals surface area contributed by atoms with Crippen molar-refractivity contribution in [1.82, 2.24) is 9.88 Å². The van der Waals surface area contributed by atoms with Gasteiger partial charge in [0.15, 0.2) is 6.29 Å². The number of carbonyl (C=O) groups excluding carboxylic acids is 2. The molecule has 1 aromatic rings. The summed E-state index contributed by atoms with van der Waals surface area (Å²) in [6, 6.07) is 1.72. The van der Waals surface area contributed by atoms with Crippen LogP contribution in [0, 0.1) is 0 Å². The maximum Gasteiger partial charge on any atom is 0.410 e. The van der Waals surface area contributed by atoms with Crippen molar-refractivity contribution in [2.24, 2.45) is 0 Å². The Labute approximate surface area is 120 Å². The van der Waals surface area contributed by atoms with Crippen LogP contribution in [0.4, 0.5) is 4.79 Å². The van der Waals surface area contributed by atoms with E-state index in [2.05, 4.69) is 4.98 Å². The van der Waals surface area contributed by atoms with E-state index >= 15 is 0 Å². The number of ether oxygens (including phenoxy) is 1. The molecule has 2 heterocycles. The molecule has 1 fully saturated rings. The Morgan fingerprint density at radius 2 is 1.95 bits per heavy atom. The first-order chi connectivity index (χ1) is 9.42. The smallest absolute Gasteiger partial charge is 0.410 e. The van der Waals surface area contributed by atoms with Crippen molar-refractivity contribution < 1.29 is 14.3 Å². The van der Waals surface area contributed by atoms with Gasteiger partial charge in [0.25, 0.3) is 0 Å². The molecule has 5 heteroatoms. The predicted octanol–water partition coefficient (Wildman–Crippen LogP) is 3.23. The summed E-state index contributed by atoms with van der Waals surface area (Å²) in [4.78, 5) is 25.9. The Morgan fingerprint density at radius 3 is 2.35 bits per heavy atom. The number of H-pyrrole nitrogens is 1. The molecule has 1 saturated heterocycles. The summed E-state index contributed by atoms with van der Waals surface area (Å²) in [6.07, 6.45) is 7.46. The minimum Gasteiger partial charge on any atom is -0.444 e. The van der Waals surface area contributed by atoms with Gasteiger partial charge in [0.1, 0.15) is 5.60 Å². The minimum absolute atomic E-state index is 0.160. The standard InChI is InChI=1S/C10H19NO2.C5H5NO/c1-10(2,3)13-9(12)11-7-5-4-6-8-11;7-4-5-1-2-6-3-5/h4-8H2,1-3H3;1-4,6H. The normalized spacial score (nSPS) is 15.1. The van der Waals surface area contributed by atoms with Crippen molar-refractivity contribution in [2.45, 2.75) is 45.6 Å². The zero-order valence-electron chi connectivity index (χ0n) is 12.5. The third-order valence-corrected chi connectivity index (χ3v) is 2.77. The molecular weight excluding hydrogens is 256 g/mol. The Balaban J connectivity index is 0.000000240. The lowest BCUT2D eigenvalue weighted by Gasteiger charge is -2.29. The molecule has 2 rings (SSSR count). The summed E-state index contributed by atoms with van der Waals surface area (Å²) in [5.74, 6) is 0. The third-order valence-electron chi connectivity index (χ3n) is 2.77. The second-order valence-corrected chi connectivity index (χ2v) is 5.79. The van der Waals surface area contributed by atoms with E-state index < -0.39 is 0 Å². The van der Waals surface area contributed by atoms with Crippen LogP contribution in [0.25, 0.3) is 0 Å². The molecule has 0 atom stereocenters. The molecule has 0 spiro atoms. The number of aromatic amines is 1. The van der Waals surface area contributed by atoms with E-state index in [1.807, 2.05) is 20.8 Å². The highest BCUT2D eigenvalue weighted by atomic mass is 16.6. The Kier molecular flexibility index (Phi) is 6.28. The van der Waals surface area contributed by atoms with Crippen LogP contribution in [0.15, 0.2) is 18.5 Å². The number of nitrogens with one attached hydrogen (secondary N) is 1. The fourth-order valence-corrected chi connectivity index (χ4v) is 1.81. The van der Waals surface area contributed by atoms with Crippen LogP contribution in [0.3, 0.4) is 0 Å². The van der Waals surface area contributed by atoms with Crippen LogP contribution in [0.2, 0.25) is 0 Å². The minimum atomic E-state index is -0.367. The second-order valence-electron chi connectivity index (χ2n) is 5.79. The summed E-state index contributed by atoms with van der Waals surface area (Å²) in [6.45, 7) is 7.41. The SMILES string of the molecule is CC(C)(C)OC(=O)N1CCCCC1.O=Cc1cc[nH]c1. The number of piperidine rings is 1. The van der Waals surface area contributed by atoms with Crippen molar-refractivity contribution in [3.63, 3.8) is 0 Å². The fraction of sp³-hybridized carbons (Fsp3) is 0.600. The van der Waals surface area contributed by atoms with Crippen LogP contribution >= 0.6 is 0 Å². The number of carbonyl (C=O) groups is 2. The molecule has 20 heavy (non-hydrogen) atoms. The highest BCUT2D eigenvalue weighted by Gasteiger charge is 2.22. The second kappa shape index (κ2) is 7.72. The largest absolute Gasteiger partial charge is 0.444 e. The van der Waals surface area contributed by atoms with Gasteiger partial charge in [-0.05, 0) is 46.1 Å². The van der Waals surface area contributed by atoms with E-state index in [0.717, 1.165) is 32.2 Å². The van der Waals surface area contributed by atoms with E-state index in [0.29, 0.717) is 5.56 Å². The monoisotopic (exact) mass is 280 g/mol. The first kappa shape index (κ1) is 16.3. The summed E-state index contributed by atoms with van der Waals surface area (Å²) in [5.41, 5.74) is 0.328. The van der Waals surface area contributed by atoms with Gasteiger partial charge in [-0.25, -0.2) is 4.79 Å². The maximum atomic E-state index is 11.5. The lowest BCUT2D eigenvalue weighted by molar-refractivity contribution is 0.0216. The molecule has 112 valence electrons. The maximum absolute atomic E-state index is 11.5. The topological polar surface area (TPSA) is 62.4 Å². The number of aromatic nitrogens is 1. The van der Waals surface area contributed by atoms with E-state index in [-0.39, 0.29) is 11.7 Å². The molecule has 0 aromatic carbocycles. The molecule has 1 aromatic heterocycles. The summed E-state index contributed by atoms with van der Waals surface area (Å²) >= 11 is 0. The first-order valence-electron chi connectivity index (χ1n) is 6.98. The molecule has 5 nitrogen and oxygen atoms in total. The molecule has 0 radical (unpaired) electrons. The first-order valence-corrected chi connectivity index (χ1v) is 6.98. The predicted molar refractivity (Wildman–Crippen MR) is 77.8 cm³/mol. The van der Waals surface area contributed by atoms with Gasteiger partial charge in [-0.3, -0.25) is 4.79 Å². The van der Waals surface area contributed by atoms with E-state index in [1.54, 1.807) is 23.4 Å². The third kappa shape index (κ3) is 6.41. The van der Waals surface area contributed by atoms with Crippen molar-refractivity contribution >= 4 is 12.4 Å². The van der Waals surface area contributed by atoms with Gasteiger partial charge in [0, 0.05) is 31.0 Å². The summed E-state index contributed by atoms with van der Waals surface area (Å²) < 4.78 is 5.26. The molecule has 0 aliphatic carbocycles. The molecule has 1 aliphatic heterocycles. The number of nitrogens with zero attached hydrogens (tertiary/aromatic N) is 1. The Hall–Kier alpha value is -1.78. The Morgan fingerprint density at radius 1 is 1.30 bits per heavy atom. The number of aldehydes is 1. The van der Waals surface area contributed by atoms with Crippen LogP contribution < -0.4 is 0 Å². The number of amides is 1. The van der Waals surface area contributed by atoms with E-state index in [9.17, 15) is 9.59 Å². The van der Waals surface area contributed by atoms with Gasteiger partial charge in [0.05, 0.1) is 0 Å². The number of hydrogen-bond donors (Lipinski definition) is 1. The van der Waals surface area contributed by atoms with Gasteiger partial charge >= 0.3 is 6.09 Å². The highest BCUT2D eigenvalue weighted by Crippen LogP contribution is 2.14. The Bertz CT molecular complexity index is 401. The van der Waals surface area contributed by atoms with Crippen molar-refractivity contribution in [3.05, 3.63) is 24.0 Å². The lowest BCUT2D eigenvalue weighted by atomic mass is 10.1. The van der Waals surface area contributed by atoms with Crippen LogP contribution in [-0.2, 0) is 4.74 Å². The molecule has 1 aliphatic rings. The zero-order valence-corrected chi connectivity index (χ0v) is 12.5. The van der Waals surface area contributed by atoms with Crippen molar-refractivity contribution in [2.75, 3.05) is 13.1 Å². The molecule has 0 bridgehead atoms. The fourth-order valence-electron chi connectivity index (χ4n) is 1.81. The molecule has 1 N–H and O–H groups in total. The average molecular weight is 280 g/mol. The van der Waals surface area contributed by atoms with Crippen molar-refractivity contribution in [1.29, 1.82) is 0 Å². The highest BCUT2D eigenvalue weighted by molar-refractivity contribution is 5.73. The molecule has 0 saturated carbocycles. The number of rotatable bonds is 1. The summed E-state index contributed by atoms with van der Waals surface area (Å²) in [7, 11) is 0. The summed E-state index contributed by atoms with van der Waals surface area (Å²) in [5, 5.41) is 0. The van der Waals surface area contributed by atoms with Gasteiger partial charge in [-0.2, -0.15) is 0 Å². The zero-order chi connectivity index (χ0) is 15.0. The van der Waals surface area contributed by atoms with Crippen LogP contribution in [-0.4, -0.2) is 41.0 Å². The van der Waals surface area contributed by atoms with E-state index in [4.69, 9.17) is 4.74 Å².